The second-order valence-corrected chi connectivity index (χ2v) is 8.37. The highest BCUT2D eigenvalue weighted by Gasteiger charge is 2.28. The standard InChI is InChI=1S/C21H33BN2O4/c1-14(2)10-19(22(3)28)24-21(27)18(13-25)23-20(26)12-15-8-9-16-6-4-5-7-17(16)11-15/h4-7,14-15,18-19,25,28H,8-13H2,1-3H3,(H,23,26)(H,24,27). The van der Waals surface area contributed by atoms with Gasteiger partial charge in [0.15, 0.2) is 0 Å². The third kappa shape index (κ3) is 6.64. The van der Waals surface area contributed by atoms with E-state index in [0.29, 0.717) is 18.8 Å². The minimum atomic E-state index is -1.00. The van der Waals surface area contributed by atoms with Crippen molar-refractivity contribution in [3.63, 3.8) is 0 Å². The van der Waals surface area contributed by atoms with Crippen LogP contribution < -0.4 is 10.6 Å². The van der Waals surface area contributed by atoms with Gasteiger partial charge in [-0.05, 0) is 48.6 Å². The molecule has 3 atom stereocenters. The van der Waals surface area contributed by atoms with E-state index in [0.717, 1.165) is 19.3 Å². The Labute approximate surface area is 168 Å². The normalized spacial score (nSPS) is 18.1. The summed E-state index contributed by atoms with van der Waals surface area (Å²) in [4.78, 5) is 24.9. The van der Waals surface area contributed by atoms with E-state index in [1.165, 1.54) is 11.1 Å². The number of hydrogen-bond donors (Lipinski definition) is 4. The van der Waals surface area contributed by atoms with Crippen molar-refractivity contribution in [1.29, 1.82) is 0 Å². The summed E-state index contributed by atoms with van der Waals surface area (Å²) in [6.45, 7) is 4.47. The lowest BCUT2D eigenvalue weighted by Gasteiger charge is -2.26. The number of carbonyl (C=O) groups excluding carboxylic acids is 2. The quantitative estimate of drug-likeness (QED) is 0.480. The molecule has 0 saturated carbocycles. The fraction of sp³-hybridized carbons (Fsp3) is 0.619. The number of rotatable bonds is 9. The Hall–Kier alpha value is -1.86. The molecule has 0 bridgehead atoms. The predicted octanol–water partition coefficient (Wildman–Crippen LogP) is 1.34. The fourth-order valence-corrected chi connectivity index (χ4v) is 3.82. The lowest BCUT2D eigenvalue weighted by Crippen LogP contribution is -2.55. The van der Waals surface area contributed by atoms with Crippen LogP contribution in [-0.4, -0.2) is 47.5 Å². The number of benzene rings is 1. The lowest BCUT2D eigenvalue weighted by atomic mass is 9.61. The Morgan fingerprint density at radius 1 is 1.21 bits per heavy atom. The zero-order valence-electron chi connectivity index (χ0n) is 17.1. The van der Waals surface area contributed by atoms with E-state index in [4.69, 9.17) is 0 Å². The van der Waals surface area contributed by atoms with E-state index in [1.54, 1.807) is 6.82 Å². The number of aliphatic hydroxyl groups excluding tert-OH is 1. The van der Waals surface area contributed by atoms with Crippen LogP contribution in [0, 0.1) is 11.8 Å². The molecule has 0 heterocycles. The van der Waals surface area contributed by atoms with E-state index in [1.807, 2.05) is 26.0 Å². The molecule has 1 aromatic carbocycles. The van der Waals surface area contributed by atoms with Crippen LogP contribution in [0.15, 0.2) is 24.3 Å². The minimum absolute atomic E-state index is 0.226. The molecular formula is C21H33BN2O4. The third-order valence-electron chi connectivity index (χ3n) is 5.39. The van der Waals surface area contributed by atoms with Gasteiger partial charge in [-0.2, -0.15) is 0 Å². The van der Waals surface area contributed by atoms with Crippen LogP contribution in [0.1, 0.15) is 44.2 Å². The first-order chi connectivity index (χ1) is 13.3. The average Bonchev–Trinajstić information content (AvgIpc) is 2.64. The highest BCUT2D eigenvalue weighted by molar-refractivity contribution is 6.51. The number of fused-ring (bicyclic) bond motifs is 1. The van der Waals surface area contributed by atoms with Gasteiger partial charge >= 0.3 is 6.92 Å². The van der Waals surface area contributed by atoms with Gasteiger partial charge in [0.25, 0.3) is 0 Å². The molecule has 28 heavy (non-hydrogen) atoms. The van der Waals surface area contributed by atoms with Crippen LogP contribution in [0.5, 0.6) is 0 Å². The molecule has 2 rings (SSSR count). The molecule has 4 N–H and O–H groups in total. The molecule has 1 aliphatic carbocycles. The Kier molecular flexibility index (Phi) is 8.51. The summed E-state index contributed by atoms with van der Waals surface area (Å²) in [6, 6.07) is 7.29. The van der Waals surface area contributed by atoms with Gasteiger partial charge in [0.05, 0.1) is 6.61 Å². The van der Waals surface area contributed by atoms with Gasteiger partial charge in [0, 0.05) is 12.4 Å². The van der Waals surface area contributed by atoms with E-state index in [2.05, 4.69) is 22.8 Å². The third-order valence-corrected chi connectivity index (χ3v) is 5.39. The monoisotopic (exact) mass is 388 g/mol. The van der Waals surface area contributed by atoms with Crippen LogP contribution >= 0.6 is 0 Å². The topological polar surface area (TPSA) is 98.7 Å². The number of amides is 2. The van der Waals surface area contributed by atoms with E-state index < -0.39 is 31.4 Å². The summed E-state index contributed by atoms with van der Waals surface area (Å²) in [5.41, 5.74) is 2.64. The van der Waals surface area contributed by atoms with Crippen molar-refractivity contribution >= 4 is 18.7 Å². The summed E-state index contributed by atoms with van der Waals surface area (Å²) in [6.07, 6.45) is 3.72. The highest BCUT2D eigenvalue weighted by Crippen LogP contribution is 2.27. The summed E-state index contributed by atoms with van der Waals surface area (Å²) in [7, 11) is 0. The minimum Gasteiger partial charge on any atom is -0.449 e. The van der Waals surface area contributed by atoms with Gasteiger partial charge in [-0.1, -0.05) is 44.9 Å². The van der Waals surface area contributed by atoms with E-state index in [9.17, 15) is 19.7 Å². The number of aryl methyl sites for hydroxylation is 1. The smallest absolute Gasteiger partial charge is 0.308 e. The first-order valence-electron chi connectivity index (χ1n) is 10.3. The maximum Gasteiger partial charge on any atom is 0.308 e. The Morgan fingerprint density at radius 2 is 1.89 bits per heavy atom. The Morgan fingerprint density at radius 3 is 2.50 bits per heavy atom. The number of nitrogens with one attached hydrogen (secondary N) is 2. The summed E-state index contributed by atoms with van der Waals surface area (Å²) in [5.74, 6) is -0.555. The summed E-state index contributed by atoms with van der Waals surface area (Å²) < 4.78 is 0. The lowest BCUT2D eigenvalue weighted by molar-refractivity contribution is -0.130. The maximum atomic E-state index is 12.5. The van der Waals surface area contributed by atoms with Crippen molar-refractivity contribution in [3.05, 3.63) is 35.4 Å². The molecule has 0 aromatic heterocycles. The van der Waals surface area contributed by atoms with Gasteiger partial charge in [-0.25, -0.2) is 0 Å². The molecule has 0 aliphatic heterocycles. The van der Waals surface area contributed by atoms with Crippen molar-refractivity contribution in [2.45, 2.75) is 64.8 Å². The first-order valence-corrected chi connectivity index (χ1v) is 10.3. The molecule has 7 heteroatoms. The Bertz CT molecular complexity index is 666. The number of carbonyl (C=O) groups is 2. The zero-order valence-corrected chi connectivity index (χ0v) is 17.1. The van der Waals surface area contributed by atoms with Crippen LogP contribution in [0.2, 0.25) is 6.82 Å². The second kappa shape index (κ2) is 10.6. The van der Waals surface area contributed by atoms with E-state index in [-0.39, 0.29) is 11.8 Å². The molecule has 1 aliphatic rings. The average molecular weight is 388 g/mol. The van der Waals surface area contributed by atoms with E-state index >= 15 is 0 Å². The van der Waals surface area contributed by atoms with Gasteiger partial charge in [0.2, 0.25) is 11.8 Å². The maximum absolute atomic E-state index is 12.5. The zero-order chi connectivity index (χ0) is 20.7. The van der Waals surface area contributed by atoms with Crippen molar-refractivity contribution in [2.75, 3.05) is 6.61 Å². The molecule has 154 valence electrons. The summed E-state index contributed by atoms with van der Waals surface area (Å²) >= 11 is 0. The molecule has 0 radical (unpaired) electrons. The van der Waals surface area contributed by atoms with Crippen LogP contribution in [0.3, 0.4) is 0 Å². The van der Waals surface area contributed by atoms with Gasteiger partial charge in [-0.15, -0.1) is 0 Å². The summed E-state index contributed by atoms with van der Waals surface area (Å²) in [5, 5.41) is 24.9. The molecule has 3 unspecified atom stereocenters. The van der Waals surface area contributed by atoms with Gasteiger partial charge in [-0.3, -0.25) is 9.59 Å². The highest BCUT2D eigenvalue weighted by atomic mass is 16.3. The van der Waals surface area contributed by atoms with Crippen LogP contribution in [-0.2, 0) is 22.4 Å². The Balaban J connectivity index is 1.87. The SMILES string of the molecule is CB(O)C(CC(C)C)NC(=O)C(CO)NC(=O)CC1CCc2ccccc2C1. The first kappa shape index (κ1) is 22.4. The molecule has 0 spiro atoms. The van der Waals surface area contributed by atoms with Crippen molar-refractivity contribution in [1.82, 2.24) is 10.6 Å². The number of hydrogen-bond acceptors (Lipinski definition) is 4. The fourth-order valence-electron chi connectivity index (χ4n) is 3.82. The largest absolute Gasteiger partial charge is 0.449 e. The number of aliphatic hydroxyl groups is 1. The molecule has 2 amide bonds. The van der Waals surface area contributed by atoms with Gasteiger partial charge in [0.1, 0.15) is 6.04 Å². The van der Waals surface area contributed by atoms with Crippen molar-refractivity contribution in [2.24, 2.45) is 11.8 Å². The predicted molar refractivity (Wildman–Crippen MR) is 111 cm³/mol. The second-order valence-electron chi connectivity index (χ2n) is 8.37. The van der Waals surface area contributed by atoms with Gasteiger partial charge < -0.3 is 20.8 Å². The van der Waals surface area contributed by atoms with Crippen LogP contribution in [0.25, 0.3) is 0 Å². The molecule has 6 nitrogen and oxygen atoms in total. The van der Waals surface area contributed by atoms with Crippen molar-refractivity contribution < 1.29 is 19.7 Å². The molecule has 1 aromatic rings. The molecular weight excluding hydrogens is 355 g/mol. The molecule has 0 saturated heterocycles. The van der Waals surface area contributed by atoms with Crippen LogP contribution in [0.4, 0.5) is 0 Å². The van der Waals surface area contributed by atoms with Crippen molar-refractivity contribution in [3.8, 4) is 0 Å². The molecule has 0 fully saturated rings.